The van der Waals surface area contributed by atoms with E-state index in [9.17, 15) is 10.1 Å². The SMILES string of the molecule is COc1cc(/C=C(/C#N)C(=O)Nc2ccc(C)cc2)cc(I)c1OCc1cccc2ccccc12. The van der Waals surface area contributed by atoms with Crippen molar-refractivity contribution in [1.29, 1.82) is 5.26 Å². The third-order valence-corrected chi connectivity index (χ3v) is 6.29. The molecule has 0 unspecified atom stereocenters. The topological polar surface area (TPSA) is 71.3 Å². The smallest absolute Gasteiger partial charge is 0.266 e. The van der Waals surface area contributed by atoms with Gasteiger partial charge in [0, 0.05) is 5.69 Å². The van der Waals surface area contributed by atoms with Gasteiger partial charge in [-0.3, -0.25) is 4.79 Å². The van der Waals surface area contributed by atoms with Gasteiger partial charge in [-0.25, -0.2) is 0 Å². The van der Waals surface area contributed by atoms with Crippen molar-refractivity contribution in [2.24, 2.45) is 0 Å². The van der Waals surface area contributed by atoms with Gasteiger partial charge in [0.15, 0.2) is 11.5 Å². The third kappa shape index (κ3) is 5.81. The van der Waals surface area contributed by atoms with Crippen LogP contribution in [-0.4, -0.2) is 13.0 Å². The van der Waals surface area contributed by atoms with Crippen molar-refractivity contribution in [1.82, 2.24) is 0 Å². The number of nitrogens with zero attached hydrogens (tertiary/aromatic N) is 1. The minimum atomic E-state index is -0.471. The van der Waals surface area contributed by atoms with Crippen molar-refractivity contribution in [2.75, 3.05) is 12.4 Å². The second-order valence-electron chi connectivity index (χ2n) is 7.95. The summed E-state index contributed by atoms with van der Waals surface area (Å²) in [7, 11) is 1.57. The average molecular weight is 574 g/mol. The minimum absolute atomic E-state index is 0.00662. The van der Waals surface area contributed by atoms with E-state index in [1.165, 1.54) is 0 Å². The summed E-state index contributed by atoms with van der Waals surface area (Å²) in [6.45, 7) is 2.35. The molecule has 0 aromatic heterocycles. The fraction of sp³-hybridized carbons (Fsp3) is 0.103. The molecule has 35 heavy (non-hydrogen) atoms. The summed E-state index contributed by atoms with van der Waals surface area (Å²) >= 11 is 2.18. The highest BCUT2D eigenvalue weighted by atomic mass is 127. The van der Waals surface area contributed by atoms with E-state index in [0.29, 0.717) is 29.4 Å². The van der Waals surface area contributed by atoms with Crippen LogP contribution in [0, 0.1) is 21.8 Å². The molecule has 4 rings (SSSR count). The third-order valence-electron chi connectivity index (χ3n) is 5.49. The van der Waals surface area contributed by atoms with Gasteiger partial charge < -0.3 is 14.8 Å². The number of hydrogen-bond donors (Lipinski definition) is 1. The lowest BCUT2D eigenvalue weighted by Crippen LogP contribution is -2.13. The van der Waals surface area contributed by atoms with E-state index in [0.717, 1.165) is 25.5 Å². The number of nitriles is 1. The van der Waals surface area contributed by atoms with Crippen molar-refractivity contribution >= 4 is 51.0 Å². The maximum atomic E-state index is 12.6. The number of halogens is 1. The number of carbonyl (C=O) groups is 1. The molecule has 0 spiro atoms. The molecule has 6 heteroatoms. The highest BCUT2D eigenvalue weighted by molar-refractivity contribution is 14.1. The quantitative estimate of drug-likeness (QED) is 0.148. The van der Waals surface area contributed by atoms with Crippen molar-refractivity contribution in [3.05, 3.63) is 105 Å². The Balaban J connectivity index is 1.56. The Morgan fingerprint density at radius 3 is 2.54 bits per heavy atom. The molecule has 0 saturated carbocycles. The first kappa shape index (κ1) is 24.3. The summed E-state index contributed by atoms with van der Waals surface area (Å²) in [5.41, 5.74) is 3.45. The maximum Gasteiger partial charge on any atom is 0.266 e. The number of hydrogen-bond acceptors (Lipinski definition) is 4. The molecule has 0 fully saturated rings. The minimum Gasteiger partial charge on any atom is -0.493 e. The number of ether oxygens (including phenoxy) is 2. The van der Waals surface area contributed by atoms with Crippen LogP contribution in [0.2, 0.25) is 0 Å². The molecule has 0 atom stereocenters. The second kappa shape index (κ2) is 11.1. The van der Waals surface area contributed by atoms with Gasteiger partial charge in [0.1, 0.15) is 18.2 Å². The molecule has 0 bridgehead atoms. The van der Waals surface area contributed by atoms with Crippen LogP contribution in [0.15, 0.2) is 84.4 Å². The van der Waals surface area contributed by atoms with Gasteiger partial charge in [-0.15, -0.1) is 0 Å². The lowest BCUT2D eigenvalue weighted by atomic mass is 10.1. The average Bonchev–Trinajstić information content (AvgIpc) is 2.87. The Morgan fingerprint density at radius 1 is 1.06 bits per heavy atom. The highest BCUT2D eigenvalue weighted by Crippen LogP contribution is 2.35. The van der Waals surface area contributed by atoms with Crippen LogP contribution in [0.3, 0.4) is 0 Å². The highest BCUT2D eigenvalue weighted by Gasteiger charge is 2.15. The molecule has 174 valence electrons. The summed E-state index contributed by atoms with van der Waals surface area (Å²) in [6, 6.07) is 27.3. The zero-order valence-corrected chi connectivity index (χ0v) is 21.5. The van der Waals surface area contributed by atoms with E-state index in [2.05, 4.69) is 46.1 Å². The molecular weight excluding hydrogens is 551 g/mol. The Bertz CT molecular complexity index is 1450. The van der Waals surface area contributed by atoms with Gasteiger partial charge in [0.2, 0.25) is 0 Å². The molecule has 4 aromatic rings. The standard InChI is InChI=1S/C29H23IN2O3/c1-19-10-12-24(13-11-19)32-29(33)23(17-31)14-20-15-26(30)28(27(16-20)34-2)35-18-22-8-5-7-21-6-3-4-9-25(21)22/h3-16H,18H2,1-2H3,(H,32,33)/b23-14-. The Labute approximate surface area is 218 Å². The zero-order valence-electron chi connectivity index (χ0n) is 19.3. The fourth-order valence-corrected chi connectivity index (χ4v) is 4.46. The zero-order chi connectivity index (χ0) is 24.8. The van der Waals surface area contributed by atoms with Crippen LogP contribution in [0.4, 0.5) is 5.69 Å². The van der Waals surface area contributed by atoms with Gasteiger partial charge in [-0.1, -0.05) is 60.2 Å². The van der Waals surface area contributed by atoms with Crippen LogP contribution < -0.4 is 14.8 Å². The molecule has 0 aliphatic carbocycles. The molecule has 4 aromatic carbocycles. The number of benzene rings is 4. The largest absolute Gasteiger partial charge is 0.493 e. The van der Waals surface area contributed by atoms with Gasteiger partial charge in [0.25, 0.3) is 5.91 Å². The van der Waals surface area contributed by atoms with Crippen LogP contribution in [0.1, 0.15) is 16.7 Å². The number of nitrogens with one attached hydrogen (secondary N) is 1. The first-order valence-electron chi connectivity index (χ1n) is 11.0. The molecule has 0 saturated heterocycles. The van der Waals surface area contributed by atoms with Gasteiger partial charge >= 0.3 is 0 Å². The summed E-state index contributed by atoms with van der Waals surface area (Å²) in [6.07, 6.45) is 1.54. The summed E-state index contributed by atoms with van der Waals surface area (Å²) < 4.78 is 12.6. The monoisotopic (exact) mass is 574 g/mol. The first-order chi connectivity index (χ1) is 17.0. The predicted molar refractivity (Wildman–Crippen MR) is 147 cm³/mol. The molecule has 1 N–H and O–H groups in total. The van der Waals surface area contributed by atoms with Crippen LogP contribution >= 0.6 is 22.6 Å². The van der Waals surface area contributed by atoms with E-state index < -0.39 is 5.91 Å². The van der Waals surface area contributed by atoms with Crippen LogP contribution in [0.25, 0.3) is 16.8 Å². The molecule has 0 aliphatic rings. The molecular formula is C29H23IN2O3. The summed E-state index contributed by atoms with van der Waals surface area (Å²) in [5.74, 6) is 0.669. The van der Waals surface area contributed by atoms with Gasteiger partial charge in [0.05, 0.1) is 10.7 Å². The summed E-state index contributed by atoms with van der Waals surface area (Å²) in [5, 5.41) is 14.6. The van der Waals surface area contributed by atoms with Crippen LogP contribution in [0.5, 0.6) is 11.5 Å². The molecule has 0 heterocycles. The second-order valence-corrected chi connectivity index (χ2v) is 9.11. The fourth-order valence-electron chi connectivity index (χ4n) is 3.68. The van der Waals surface area contributed by atoms with Crippen molar-refractivity contribution < 1.29 is 14.3 Å². The maximum absolute atomic E-state index is 12.6. The number of aryl methyl sites for hydroxylation is 1. The lowest BCUT2D eigenvalue weighted by Gasteiger charge is -2.15. The number of carbonyl (C=O) groups excluding carboxylic acids is 1. The number of rotatable bonds is 7. The number of anilines is 1. The first-order valence-corrected chi connectivity index (χ1v) is 12.0. The van der Waals surface area contributed by atoms with Crippen molar-refractivity contribution in [2.45, 2.75) is 13.5 Å². The molecule has 5 nitrogen and oxygen atoms in total. The van der Waals surface area contributed by atoms with Gasteiger partial charge in [-0.2, -0.15) is 5.26 Å². The molecule has 0 radical (unpaired) electrons. The van der Waals surface area contributed by atoms with Gasteiger partial charge in [-0.05, 0) is 81.8 Å². The lowest BCUT2D eigenvalue weighted by molar-refractivity contribution is -0.112. The number of amides is 1. The van der Waals surface area contributed by atoms with E-state index in [1.54, 1.807) is 31.4 Å². The Hall–Kier alpha value is -3.83. The van der Waals surface area contributed by atoms with E-state index >= 15 is 0 Å². The van der Waals surface area contributed by atoms with Crippen LogP contribution in [-0.2, 0) is 11.4 Å². The Kier molecular flexibility index (Phi) is 7.68. The van der Waals surface area contributed by atoms with E-state index in [1.807, 2.05) is 55.5 Å². The van der Waals surface area contributed by atoms with E-state index in [-0.39, 0.29) is 5.57 Å². The number of fused-ring (bicyclic) bond motifs is 1. The normalized spacial score (nSPS) is 11.1. The number of methoxy groups -OCH3 is 1. The Morgan fingerprint density at radius 2 is 1.80 bits per heavy atom. The molecule has 0 aliphatic heterocycles. The molecule has 1 amide bonds. The van der Waals surface area contributed by atoms with E-state index in [4.69, 9.17) is 9.47 Å². The predicted octanol–water partition coefficient (Wildman–Crippen LogP) is 6.89. The van der Waals surface area contributed by atoms with Crippen molar-refractivity contribution in [3.8, 4) is 17.6 Å². The van der Waals surface area contributed by atoms with Crippen molar-refractivity contribution in [3.63, 3.8) is 0 Å². The summed E-state index contributed by atoms with van der Waals surface area (Å²) in [4.78, 5) is 12.6.